The van der Waals surface area contributed by atoms with Crippen molar-refractivity contribution in [2.45, 2.75) is 19.8 Å². The first-order chi connectivity index (χ1) is 13.4. The molecule has 0 bridgehead atoms. The zero-order chi connectivity index (χ0) is 20.1. The van der Waals surface area contributed by atoms with Crippen LogP contribution in [0.2, 0.25) is 5.02 Å². The summed E-state index contributed by atoms with van der Waals surface area (Å²) in [4.78, 5) is 26.6. The van der Waals surface area contributed by atoms with Crippen LogP contribution in [0.5, 0.6) is 0 Å². The van der Waals surface area contributed by atoms with Gasteiger partial charge in [0.15, 0.2) is 0 Å². The molecule has 1 atom stereocenters. The van der Waals surface area contributed by atoms with Crippen LogP contribution in [0, 0.1) is 17.7 Å². The van der Waals surface area contributed by atoms with Crippen molar-refractivity contribution in [3.63, 3.8) is 0 Å². The van der Waals surface area contributed by atoms with Gasteiger partial charge < -0.3 is 15.5 Å². The third kappa shape index (κ3) is 5.23. The fourth-order valence-electron chi connectivity index (χ4n) is 3.37. The minimum Gasteiger partial charge on any atom is -0.326 e. The molecule has 1 aliphatic rings. The lowest BCUT2D eigenvalue weighted by Gasteiger charge is -2.34. The molecule has 1 heterocycles. The molecule has 1 aliphatic heterocycles. The summed E-state index contributed by atoms with van der Waals surface area (Å²) in [5.41, 5.74) is 1.15. The van der Waals surface area contributed by atoms with Crippen molar-refractivity contribution in [2.24, 2.45) is 11.8 Å². The van der Waals surface area contributed by atoms with Gasteiger partial charge in [-0.2, -0.15) is 0 Å². The lowest BCUT2D eigenvalue weighted by Crippen LogP contribution is -2.43. The van der Waals surface area contributed by atoms with Gasteiger partial charge in [0.2, 0.25) is 5.91 Å². The average molecular weight is 404 g/mol. The lowest BCUT2D eigenvalue weighted by atomic mass is 9.85. The molecular formula is C21H23ClFN3O2. The van der Waals surface area contributed by atoms with Crippen LogP contribution in [-0.2, 0) is 4.79 Å². The Bertz CT molecular complexity index is 836. The van der Waals surface area contributed by atoms with E-state index in [4.69, 9.17) is 11.6 Å². The largest absolute Gasteiger partial charge is 0.326 e. The second kappa shape index (κ2) is 9.06. The van der Waals surface area contributed by atoms with Gasteiger partial charge in [-0.1, -0.05) is 24.6 Å². The molecule has 3 rings (SSSR count). The average Bonchev–Trinajstić information content (AvgIpc) is 2.69. The number of hydrogen-bond acceptors (Lipinski definition) is 2. The first kappa shape index (κ1) is 20.1. The van der Waals surface area contributed by atoms with Gasteiger partial charge in [0, 0.05) is 35.4 Å². The molecule has 1 fully saturated rings. The molecule has 3 amide bonds. The fraction of sp³-hybridized carbons (Fsp3) is 0.333. The van der Waals surface area contributed by atoms with E-state index < -0.39 is 0 Å². The Balaban J connectivity index is 1.49. The minimum absolute atomic E-state index is 0.130. The summed E-state index contributed by atoms with van der Waals surface area (Å²) < 4.78 is 13.3. The molecule has 7 heteroatoms. The van der Waals surface area contributed by atoms with Crippen LogP contribution in [0.4, 0.5) is 20.6 Å². The Morgan fingerprint density at radius 2 is 1.75 bits per heavy atom. The monoisotopic (exact) mass is 403 g/mol. The van der Waals surface area contributed by atoms with Crippen molar-refractivity contribution >= 4 is 34.9 Å². The number of urea groups is 1. The molecule has 2 N–H and O–H groups in total. The van der Waals surface area contributed by atoms with Gasteiger partial charge in [-0.15, -0.1) is 0 Å². The summed E-state index contributed by atoms with van der Waals surface area (Å²) in [5.74, 6) is -0.557. The second-order valence-corrected chi connectivity index (χ2v) is 7.49. The maximum absolute atomic E-state index is 13.3. The summed E-state index contributed by atoms with van der Waals surface area (Å²) in [7, 11) is 0. The van der Waals surface area contributed by atoms with Crippen LogP contribution >= 0.6 is 11.6 Å². The van der Waals surface area contributed by atoms with Crippen molar-refractivity contribution in [3.05, 3.63) is 59.4 Å². The molecular weight excluding hydrogens is 381 g/mol. The summed E-state index contributed by atoms with van der Waals surface area (Å²) in [6, 6.07) is 12.7. The van der Waals surface area contributed by atoms with E-state index in [0.717, 1.165) is 12.8 Å². The first-order valence-electron chi connectivity index (χ1n) is 9.30. The van der Waals surface area contributed by atoms with Gasteiger partial charge >= 0.3 is 6.03 Å². The molecule has 28 heavy (non-hydrogen) atoms. The number of nitrogens with one attached hydrogen (secondary N) is 2. The van der Waals surface area contributed by atoms with E-state index in [-0.39, 0.29) is 29.6 Å². The number of benzene rings is 2. The van der Waals surface area contributed by atoms with E-state index in [1.54, 1.807) is 41.3 Å². The highest BCUT2D eigenvalue weighted by Crippen LogP contribution is 2.27. The first-order valence-corrected chi connectivity index (χ1v) is 9.68. The lowest BCUT2D eigenvalue weighted by molar-refractivity contribution is -0.121. The maximum atomic E-state index is 13.3. The normalized spacial score (nSPS) is 15.8. The minimum atomic E-state index is -0.384. The highest BCUT2D eigenvalue weighted by molar-refractivity contribution is 6.30. The van der Waals surface area contributed by atoms with Crippen LogP contribution in [0.15, 0.2) is 48.5 Å². The summed E-state index contributed by atoms with van der Waals surface area (Å²) in [6.45, 7) is 3.05. The van der Waals surface area contributed by atoms with Crippen LogP contribution in [0.3, 0.4) is 0 Å². The van der Waals surface area contributed by atoms with E-state index in [1.807, 2.05) is 6.92 Å². The van der Waals surface area contributed by atoms with Crippen LogP contribution < -0.4 is 10.6 Å². The number of hydrogen-bond donors (Lipinski definition) is 2. The quantitative estimate of drug-likeness (QED) is 0.754. The number of halogens is 2. The molecule has 5 nitrogen and oxygen atoms in total. The van der Waals surface area contributed by atoms with Crippen molar-refractivity contribution in [3.8, 4) is 0 Å². The smallest absolute Gasteiger partial charge is 0.321 e. The van der Waals surface area contributed by atoms with Gasteiger partial charge in [-0.3, -0.25) is 4.79 Å². The predicted molar refractivity (Wildman–Crippen MR) is 109 cm³/mol. The van der Waals surface area contributed by atoms with Gasteiger partial charge in [0.1, 0.15) is 5.82 Å². The Morgan fingerprint density at radius 1 is 1.07 bits per heavy atom. The fourth-order valence-corrected chi connectivity index (χ4v) is 3.50. The maximum Gasteiger partial charge on any atom is 0.321 e. The number of piperidine rings is 1. The standard InChI is InChI=1S/C21H23ClFN3O2/c1-14(20(27)24-19-4-2-3-17(23)13-19)15-9-11-26(12-10-15)21(28)25-18-7-5-16(22)6-8-18/h2-8,13-15H,9-12H2,1H3,(H,24,27)(H,25,28)/t14-/m1/s1. The predicted octanol–water partition coefficient (Wildman–Crippen LogP) is 5.00. The topological polar surface area (TPSA) is 61.4 Å². The van der Waals surface area contributed by atoms with Crippen LogP contribution in [-0.4, -0.2) is 29.9 Å². The van der Waals surface area contributed by atoms with Crippen LogP contribution in [0.25, 0.3) is 0 Å². The van der Waals surface area contributed by atoms with Gasteiger partial charge in [0.05, 0.1) is 0 Å². The molecule has 148 valence electrons. The molecule has 0 aromatic heterocycles. The number of rotatable bonds is 4. The molecule has 2 aromatic carbocycles. The van der Waals surface area contributed by atoms with Crippen molar-refractivity contribution in [1.29, 1.82) is 0 Å². The zero-order valence-corrected chi connectivity index (χ0v) is 16.4. The zero-order valence-electron chi connectivity index (χ0n) is 15.6. The van der Waals surface area contributed by atoms with E-state index in [9.17, 15) is 14.0 Å². The molecule has 1 saturated heterocycles. The third-order valence-electron chi connectivity index (χ3n) is 5.14. The summed E-state index contributed by atoms with van der Waals surface area (Å²) in [5, 5.41) is 6.24. The van der Waals surface area contributed by atoms with E-state index >= 15 is 0 Å². The Kier molecular flexibility index (Phi) is 6.52. The molecule has 0 spiro atoms. The summed E-state index contributed by atoms with van der Waals surface area (Å²) in [6.07, 6.45) is 1.48. The number of carbonyl (C=O) groups excluding carboxylic acids is 2. The van der Waals surface area contributed by atoms with E-state index in [2.05, 4.69) is 10.6 Å². The van der Waals surface area contributed by atoms with Gasteiger partial charge in [-0.25, -0.2) is 9.18 Å². The Hall–Kier alpha value is -2.60. The number of amides is 3. The number of likely N-dealkylation sites (tertiary alicyclic amines) is 1. The third-order valence-corrected chi connectivity index (χ3v) is 5.39. The molecule has 2 aromatic rings. The Labute approximate surface area is 168 Å². The number of carbonyl (C=O) groups is 2. The number of nitrogens with zero attached hydrogens (tertiary/aromatic N) is 1. The molecule has 0 saturated carbocycles. The summed E-state index contributed by atoms with van der Waals surface area (Å²) >= 11 is 5.85. The highest BCUT2D eigenvalue weighted by Gasteiger charge is 2.30. The highest BCUT2D eigenvalue weighted by atomic mass is 35.5. The van der Waals surface area contributed by atoms with Crippen molar-refractivity contribution in [2.75, 3.05) is 23.7 Å². The van der Waals surface area contributed by atoms with Crippen LogP contribution in [0.1, 0.15) is 19.8 Å². The van der Waals surface area contributed by atoms with E-state index in [0.29, 0.717) is 29.5 Å². The number of anilines is 2. The second-order valence-electron chi connectivity index (χ2n) is 7.05. The molecule has 0 aliphatic carbocycles. The molecule has 0 unspecified atom stereocenters. The Morgan fingerprint density at radius 3 is 2.39 bits per heavy atom. The SMILES string of the molecule is C[C@@H](C(=O)Nc1cccc(F)c1)C1CCN(C(=O)Nc2ccc(Cl)cc2)CC1. The van der Waals surface area contributed by atoms with Crippen molar-refractivity contribution < 1.29 is 14.0 Å². The van der Waals surface area contributed by atoms with Crippen molar-refractivity contribution in [1.82, 2.24) is 4.90 Å². The van der Waals surface area contributed by atoms with Gasteiger partial charge in [-0.05, 0) is 61.2 Å². The van der Waals surface area contributed by atoms with E-state index in [1.165, 1.54) is 12.1 Å². The molecule has 0 radical (unpaired) electrons. The van der Waals surface area contributed by atoms with Gasteiger partial charge in [0.25, 0.3) is 0 Å².